The van der Waals surface area contributed by atoms with Crippen LogP contribution in [0.15, 0.2) is 17.1 Å². The first-order chi connectivity index (χ1) is 13.0. The number of fused-ring (bicyclic) bond motifs is 1. The molecular weight excluding hydrogens is 348 g/mol. The number of aryl methyl sites for hydroxylation is 1. The Labute approximate surface area is 157 Å². The van der Waals surface area contributed by atoms with Crippen LogP contribution in [0.3, 0.4) is 0 Å². The highest BCUT2D eigenvalue weighted by Gasteiger charge is 2.22. The minimum absolute atomic E-state index is 0.00251. The Balaban J connectivity index is 1.78. The molecule has 0 aliphatic heterocycles. The average Bonchev–Trinajstić information content (AvgIpc) is 2.62. The lowest BCUT2D eigenvalue weighted by atomic mass is 9.91. The molecule has 0 unspecified atom stereocenters. The van der Waals surface area contributed by atoms with Crippen LogP contribution >= 0.6 is 0 Å². The molecular formula is C18H26N6O3. The molecule has 2 aromatic heterocycles. The highest BCUT2D eigenvalue weighted by atomic mass is 16.3. The average molecular weight is 374 g/mol. The lowest BCUT2D eigenvalue weighted by Crippen LogP contribution is -2.39. The molecule has 2 aromatic rings. The normalized spacial score (nSPS) is 19.8. The van der Waals surface area contributed by atoms with E-state index in [0.29, 0.717) is 35.6 Å². The van der Waals surface area contributed by atoms with Crippen molar-refractivity contribution in [3.05, 3.63) is 22.6 Å². The number of carbonyl (C=O) groups excluding carboxylic acids is 1. The van der Waals surface area contributed by atoms with E-state index in [2.05, 4.69) is 20.6 Å². The topological polar surface area (TPSA) is 135 Å². The van der Waals surface area contributed by atoms with Crippen molar-refractivity contribution in [2.45, 2.75) is 57.7 Å². The van der Waals surface area contributed by atoms with Gasteiger partial charge in [0.15, 0.2) is 0 Å². The second-order valence-electron chi connectivity index (χ2n) is 6.99. The van der Waals surface area contributed by atoms with E-state index in [0.717, 1.165) is 25.7 Å². The molecule has 1 saturated carbocycles. The van der Waals surface area contributed by atoms with Crippen LogP contribution in [0.25, 0.3) is 11.0 Å². The van der Waals surface area contributed by atoms with Crippen LogP contribution in [-0.4, -0.2) is 44.2 Å². The lowest BCUT2D eigenvalue weighted by Gasteiger charge is -2.29. The second-order valence-corrected chi connectivity index (χ2v) is 6.99. The molecule has 0 atom stereocenters. The van der Waals surface area contributed by atoms with E-state index >= 15 is 0 Å². The molecule has 0 radical (unpaired) electrons. The molecule has 9 heteroatoms. The number of hydrogen-bond donors (Lipinski definition) is 4. The van der Waals surface area contributed by atoms with Gasteiger partial charge in [0.2, 0.25) is 11.9 Å². The van der Waals surface area contributed by atoms with E-state index in [1.165, 1.54) is 17.6 Å². The number of aliphatic hydroxyl groups excluding tert-OH is 1. The zero-order chi connectivity index (χ0) is 19.4. The van der Waals surface area contributed by atoms with Crippen molar-refractivity contribution in [1.29, 1.82) is 0 Å². The molecule has 5 N–H and O–H groups in total. The van der Waals surface area contributed by atoms with E-state index in [1.807, 2.05) is 0 Å². The number of anilines is 2. The molecule has 0 saturated heterocycles. The summed E-state index contributed by atoms with van der Waals surface area (Å²) in [6.07, 6.45) is 5.69. The summed E-state index contributed by atoms with van der Waals surface area (Å²) in [6, 6.07) is 1.80. The summed E-state index contributed by atoms with van der Waals surface area (Å²) in [5.41, 5.74) is 6.52. The molecule has 146 valence electrons. The second kappa shape index (κ2) is 8.34. The van der Waals surface area contributed by atoms with Crippen molar-refractivity contribution in [3.8, 4) is 0 Å². The highest BCUT2D eigenvalue weighted by molar-refractivity contribution is 5.87. The molecule has 1 aliphatic carbocycles. The van der Waals surface area contributed by atoms with Gasteiger partial charge in [0.25, 0.3) is 5.56 Å². The van der Waals surface area contributed by atoms with Gasteiger partial charge < -0.3 is 21.5 Å². The third-order valence-electron chi connectivity index (χ3n) is 4.89. The van der Waals surface area contributed by atoms with Crippen LogP contribution in [0.1, 0.15) is 39.0 Å². The zero-order valence-electron chi connectivity index (χ0n) is 15.4. The van der Waals surface area contributed by atoms with E-state index in [9.17, 15) is 9.59 Å². The van der Waals surface area contributed by atoms with Gasteiger partial charge in [0.1, 0.15) is 5.65 Å². The largest absolute Gasteiger partial charge is 0.398 e. The minimum Gasteiger partial charge on any atom is -0.398 e. The summed E-state index contributed by atoms with van der Waals surface area (Å²) >= 11 is 0. The van der Waals surface area contributed by atoms with Gasteiger partial charge in [-0.1, -0.05) is 0 Å². The van der Waals surface area contributed by atoms with Crippen molar-refractivity contribution in [1.82, 2.24) is 19.9 Å². The molecule has 1 amide bonds. The minimum atomic E-state index is -0.242. The van der Waals surface area contributed by atoms with E-state index < -0.39 is 0 Å². The first-order valence-corrected chi connectivity index (χ1v) is 9.28. The number of aromatic nitrogens is 3. The van der Waals surface area contributed by atoms with E-state index in [4.69, 9.17) is 10.8 Å². The molecule has 0 bridgehead atoms. The molecule has 1 fully saturated rings. The number of carbonyl (C=O) groups is 1. The van der Waals surface area contributed by atoms with Gasteiger partial charge in [-0.2, -0.15) is 4.98 Å². The summed E-state index contributed by atoms with van der Waals surface area (Å²) in [5.74, 6) is 0.455. The van der Waals surface area contributed by atoms with Crippen molar-refractivity contribution in [2.24, 2.45) is 0 Å². The Morgan fingerprint density at radius 1 is 1.33 bits per heavy atom. The molecule has 0 spiro atoms. The number of amides is 1. The first kappa shape index (κ1) is 19.1. The predicted molar refractivity (Wildman–Crippen MR) is 103 cm³/mol. The van der Waals surface area contributed by atoms with Crippen LogP contribution in [-0.2, 0) is 11.3 Å². The molecule has 1 aliphatic rings. The Morgan fingerprint density at radius 2 is 2.04 bits per heavy atom. The number of nitrogen functional groups attached to an aromatic ring is 1. The quantitative estimate of drug-likeness (QED) is 0.582. The van der Waals surface area contributed by atoms with E-state index in [1.54, 1.807) is 6.20 Å². The van der Waals surface area contributed by atoms with Crippen LogP contribution in [0.4, 0.5) is 11.6 Å². The maximum absolute atomic E-state index is 12.3. The standard InChI is InChI=1S/C18H26N6O3/c1-11(26)21-12-3-5-13(6-4-12)22-18-20-10-14-15(19)9-16(27)24(7-2-8-25)17(14)23-18/h9-10,12-13,25H,2-8,19H2,1H3,(H,21,26)(H,20,22,23)/t12-,13-. The summed E-state index contributed by atoms with van der Waals surface area (Å²) in [6.45, 7) is 1.89. The van der Waals surface area contributed by atoms with Gasteiger partial charge >= 0.3 is 0 Å². The predicted octanol–water partition coefficient (Wildman–Crippen LogP) is 0.615. The highest BCUT2D eigenvalue weighted by Crippen LogP contribution is 2.23. The number of nitrogens with zero attached hydrogens (tertiary/aromatic N) is 3. The molecule has 27 heavy (non-hydrogen) atoms. The first-order valence-electron chi connectivity index (χ1n) is 9.28. The Hall–Kier alpha value is -2.68. The van der Waals surface area contributed by atoms with Gasteiger partial charge in [-0.05, 0) is 32.1 Å². The van der Waals surface area contributed by atoms with Gasteiger partial charge in [0, 0.05) is 50.1 Å². The Bertz CT molecular complexity index is 873. The third-order valence-corrected chi connectivity index (χ3v) is 4.89. The number of aliphatic hydroxyl groups is 1. The van der Waals surface area contributed by atoms with Gasteiger partial charge in [-0.15, -0.1) is 0 Å². The number of nitrogens with two attached hydrogens (primary N) is 1. The van der Waals surface area contributed by atoms with Gasteiger partial charge in [0.05, 0.1) is 5.39 Å². The van der Waals surface area contributed by atoms with Gasteiger partial charge in [-0.3, -0.25) is 14.2 Å². The van der Waals surface area contributed by atoms with Crippen LogP contribution in [0, 0.1) is 0 Å². The maximum Gasteiger partial charge on any atom is 0.254 e. The summed E-state index contributed by atoms with van der Waals surface area (Å²) in [5, 5.41) is 16.0. The molecule has 9 nitrogen and oxygen atoms in total. The SMILES string of the molecule is CC(=O)N[C@H]1CC[C@H](Nc2ncc3c(N)cc(=O)n(CCCO)c3n2)CC1. The summed E-state index contributed by atoms with van der Waals surface area (Å²) < 4.78 is 1.52. The third kappa shape index (κ3) is 4.54. The zero-order valence-corrected chi connectivity index (χ0v) is 15.4. The number of pyridine rings is 1. The van der Waals surface area contributed by atoms with Crippen molar-refractivity contribution in [2.75, 3.05) is 17.7 Å². The Morgan fingerprint density at radius 3 is 2.70 bits per heavy atom. The summed E-state index contributed by atoms with van der Waals surface area (Å²) in [4.78, 5) is 32.3. The smallest absolute Gasteiger partial charge is 0.254 e. The van der Waals surface area contributed by atoms with Crippen molar-refractivity contribution < 1.29 is 9.90 Å². The Kier molecular flexibility index (Phi) is 5.90. The van der Waals surface area contributed by atoms with Crippen molar-refractivity contribution in [3.63, 3.8) is 0 Å². The fraction of sp³-hybridized carbons (Fsp3) is 0.556. The van der Waals surface area contributed by atoms with E-state index in [-0.39, 0.29) is 30.2 Å². The fourth-order valence-electron chi connectivity index (χ4n) is 3.54. The van der Waals surface area contributed by atoms with Crippen LogP contribution in [0.2, 0.25) is 0 Å². The van der Waals surface area contributed by atoms with Crippen LogP contribution < -0.4 is 21.9 Å². The fourth-order valence-corrected chi connectivity index (χ4v) is 3.54. The number of rotatable bonds is 6. The number of nitrogens with one attached hydrogen (secondary N) is 2. The maximum atomic E-state index is 12.3. The number of hydrogen-bond acceptors (Lipinski definition) is 7. The lowest BCUT2D eigenvalue weighted by molar-refractivity contribution is -0.119. The molecule has 3 rings (SSSR count). The molecule has 0 aromatic carbocycles. The van der Waals surface area contributed by atoms with Crippen molar-refractivity contribution >= 4 is 28.6 Å². The summed E-state index contributed by atoms with van der Waals surface area (Å²) in [7, 11) is 0. The monoisotopic (exact) mass is 374 g/mol. The van der Waals surface area contributed by atoms with Gasteiger partial charge in [-0.25, -0.2) is 4.98 Å². The van der Waals surface area contributed by atoms with Crippen LogP contribution in [0.5, 0.6) is 0 Å². The molecule has 2 heterocycles.